The van der Waals surface area contributed by atoms with Gasteiger partial charge in [-0.25, -0.2) is 0 Å². The van der Waals surface area contributed by atoms with Crippen molar-refractivity contribution in [2.75, 3.05) is 5.43 Å². The molecule has 4 N–H and O–H groups in total. The molecule has 2 aromatic rings. The van der Waals surface area contributed by atoms with Gasteiger partial charge in [0.15, 0.2) is 5.82 Å². The number of aromatic nitrogens is 2. The average molecular weight is 261 g/mol. The van der Waals surface area contributed by atoms with E-state index in [0.29, 0.717) is 17.3 Å². The lowest BCUT2D eigenvalue weighted by molar-refractivity contribution is 0.0949. The normalized spacial score (nSPS) is 10.3. The van der Waals surface area contributed by atoms with Crippen LogP contribution in [0.3, 0.4) is 0 Å². The predicted molar refractivity (Wildman–Crippen MR) is 69.2 cm³/mol. The third kappa shape index (κ3) is 3.08. The second kappa shape index (κ2) is 5.49. The van der Waals surface area contributed by atoms with Gasteiger partial charge in [0.25, 0.3) is 5.91 Å². The topological polar surface area (TPSA) is 106 Å². The highest BCUT2D eigenvalue weighted by molar-refractivity contribution is 5.94. The van der Waals surface area contributed by atoms with Crippen LogP contribution < -0.4 is 16.6 Å². The number of carbonyl (C=O) groups excluding carboxylic acids is 1. The first-order valence-electron chi connectivity index (χ1n) is 5.75. The molecule has 0 saturated heterocycles. The van der Waals surface area contributed by atoms with Crippen molar-refractivity contribution in [1.82, 2.24) is 15.5 Å². The molecule has 1 aromatic heterocycles. The van der Waals surface area contributed by atoms with Crippen LogP contribution in [-0.2, 0) is 6.54 Å². The minimum absolute atomic E-state index is 0.200. The summed E-state index contributed by atoms with van der Waals surface area (Å²) < 4.78 is 4.82. The Morgan fingerprint density at radius 1 is 1.42 bits per heavy atom. The van der Waals surface area contributed by atoms with Gasteiger partial charge in [0.05, 0.1) is 12.2 Å². The Labute approximate surface area is 110 Å². The molecule has 1 heterocycles. The number of nitrogens with zero attached hydrogens (tertiary/aromatic N) is 2. The summed E-state index contributed by atoms with van der Waals surface area (Å²) in [5.74, 6) is 6.05. The molecule has 0 aliphatic rings. The van der Waals surface area contributed by atoms with Crippen molar-refractivity contribution < 1.29 is 9.32 Å². The Morgan fingerprint density at radius 2 is 2.21 bits per heavy atom. The van der Waals surface area contributed by atoms with Crippen molar-refractivity contribution in [2.45, 2.75) is 20.4 Å². The van der Waals surface area contributed by atoms with Gasteiger partial charge in [-0.05, 0) is 30.7 Å². The van der Waals surface area contributed by atoms with E-state index in [1.54, 1.807) is 25.1 Å². The minimum atomic E-state index is -0.200. The Bertz CT molecular complexity index is 594. The SMILES string of the molecule is Cc1nc(CNC(=O)c2ccc(NN)c(C)c2)no1. The summed E-state index contributed by atoms with van der Waals surface area (Å²) in [5, 5.41) is 6.42. The lowest BCUT2D eigenvalue weighted by Gasteiger charge is -2.07. The van der Waals surface area contributed by atoms with Gasteiger partial charge in [-0.2, -0.15) is 4.98 Å². The Balaban J connectivity index is 2.01. The van der Waals surface area contributed by atoms with E-state index in [1.165, 1.54) is 0 Å². The van der Waals surface area contributed by atoms with Crippen molar-refractivity contribution in [1.29, 1.82) is 0 Å². The Morgan fingerprint density at radius 3 is 2.79 bits per heavy atom. The summed E-state index contributed by atoms with van der Waals surface area (Å²) in [6, 6.07) is 5.20. The molecular weight excluding hydrogens is 246 g/mol. The van der Waals surface area contributed by atoms with Gasteiger partial charge in [0.1, 0.15) is 0 Å². The monoisotopic (exact) mass is 261 g/mol. The van der Waals surface area contributed by atoms with E-state index in [2.05, 4.69) is 20.9 Å². The van der Waals surface area contributed by atoms with Gasteiger partial charge >= 0.3 is 0 Å². The van der Waals surface area contributed by atoms with Crippen LogP contribution in [0.4, 0.5) is 5.69 Å². The fourth-order valence-corrected chi connectivity index (χ4v) is 1.64. The molecule has 0 radical (unpaired) electrons. The van der Waals surface area contributed by atoms with Crippen LogP contribution in [-0.4, -0.2) is 16.0 Å². The van der Waals surface area contributed by atoms with Crippen molar-refractivity contribution in [3.63, 3.8) is 0 Å². The smallest absolute Gasteiger partial charge is 0.251 e. The van der Waals surface area contributed by atoms with Crippen molar-refractivity contribution in [3.8, 4) is 0 Å². The Hall–Kier alpha value is -2.41. The van der Waals surface area contributed by atoms with Gasteiger partial charge in [0, 0.05) is 12.5 Å². The number of nitrogens with one attached hydrogen (secondary N) is 2. The number of amides is 1. The summed E-state index contributed by atoms with van der Waals surface area (Å²) in [6.45, 7) is 3.79. The second-order valence-corrected chi connectivity index (χ2v) is 4.09. The van der Waals surface area contributed by atoms with Crippen LogP contribution in [0.5, 0.6) is 0 Å². The van der Waals surface area contributed by atoms with E-state index in [9.17, 15) is 4.79 Å². The molecule has 0 fully saturated rings. The summed E-state index contributed by atoms with van der Waals surface area (Å²) in [6.07, 6.45) is 0. The zero-order valence-corrected chi connectivity index (χ0v) is 10.7. The van der Waals surface area contributed by atoms with Gasteiger partial charge < -0.3 is 15.3 Å². The largest absolute Gasteiger partial charge is 0.345 e. The summed E-state index contributed by atoms with van der Waals surface area (Å²) >= 11 is 0. The summed E-state index contributed by atoms with van der Waals surface area (Å²) in [4.78, 5) is 15.9. The lowest BCUT2D eigenvalue weighted by Crippen LogP contribution is -2.23. The first-order chi connectivity index (χ1) is 9.10. The molecule has 2 rings (SSSR count). The molecule has 7 nitrogen and oxygen atoms in total. The highest BCUT2D eigenvalue weighted by atomic mass is 16.5. The number of anilines is 1. The maximum absolute atomic E-state index is 11.9. The number of hydrazine groups is 1. The molecule has 0 atom stereocenters. The number of hydrogen-bond donors (Lipinski definition) is 3. The molecule has 0 bridgehead atoms. The van der Waals surface area contributed by atoms with Crippen LogP contribution in [0, 0.1) is 13.8 Å². The van der Waals surface area contributed by atoms with E-state index >= 15 is 0 Å². The minimum Gasteiger partial charge on any atom is -0.345 e. The molecule has 7 heteroatoms. The highest BCUT2D eigenvalue weighted by Gasteiger charge is 2.09. The van der Waals surface area contributed by atoms with Crippen molar-refractivity contribution >= 4 is 11.6 Å². The third-order valence-corrected chi connectivity index (χ3v) is 2.62. The molecule has 19 heavy (non-hydrogen) atoms. The number of carbonyl (C=O) groups is 1. The standard InChI is InChI=1S/C12H15N5O2/c1-7-5-9(3-4-10(7)16-13)12(18)14-6-11-15-8(2)19-17-11/h3-5,16H,6,13H2,1-2H3,(H,14,18). The average Bonchev–Trinajstić information content (AvgIpc) is 2.81. The number of aryl methyl sites for hydroxylation is 2. The third-order valence-electron chi connectivity index (χ3n) is 2.62. The van der Waals surface area contributed by atoms with Crippen LogP contribution in [0.2, 0.25) is 0 Å². The molecule has 0 aliphatic carbocycles. The molecule has 0 unspecified atom stereocenters. The predicted octanol–water partition coefficient (Wildman–Crippen LogP) is 0.902. The zero-order valence-electron chi connectivity index (χ0n) is 10.7. The fraction of sp³-hybridized carbons (Fsp3) is 0.250. The van der Waals surface area contributed by atoms with E-state index in [4.69, 9.17) is 10.4 Å². The Kier molecular flexibility index (Phi) is 3.76. The quantitative estimate of drug-likeness (QED) is 0.557. The van der Waals surface area contributed by atoms with Gasteiger partial charge in [-0.3, -0.25) is 10.6 Å². The van der Waals surface area contributed by atoms with Gasteiger partial charge in [-0.15, -0.1) is 0 Å². The van der Waals surface area contributed by atoms with Crippen LogP contribution >= 0.6 is 0 Å². The van der Waals surface area contributed by atoms with Gasteiger partial charge in [0.2, 0.25) is 5.89 Å². The van der Waals surface area contributed by atoms with E-state index in [0.717, 1.165) is 11.3 Å². The maximum atomic E-state index is 11.9. The molecule has 1 aromatic carbocycles. The number of rotatable bonds is 4. The summed E-state index contributed by atoms with van der Waals surface area (Å²) in [7, 11) is 0. The molecule has 1 amide bonds. The van der Waals surface area contributed by atoms with E-state index in [1.807, 2.05) is 6.92 Å². The van der Waals surface area contributed by atoms with Gasteiger partial charge in [-0.1, -0.05) is 5.16 Å². The number of nitrogens with two attached hydrogens (primary N) is 1. The maximum Gasteiger partial charge on any atom is 0.251 e. The first kappa shape index (κ1) is 13.0. The first-order valence-corrected chi connectivity index (χ1v) is 5.75. The fourth-order valence-electron chi connectivity index (χ4n) is 1.64. The lowest BCUT2D eigenvalue weighted by atomic mass is 10.1. The van der Waals surface area contributed by atoms with Crippen molar-refractivity contribution in [2.24, 2.45) is 5.84 Å². The molecule has 0 aliphatic heterocycles. The number of benzene rings is 1. The second-order valence-electron chi connectivity index (χ2n) is 4.09. The number of hydrogen-bond acceptors (Lipinski definition) is 6. The van der Waals surface area contributed by atoms with Crippen LogP contribution in [0.25, 0.3) is 0 Å². The van der Waals surface area contributed by atoms with E-state index in [-0.39, 0.29) is 12.5 Å². The highest BCUT2D eigenvalue weighted by Crippen LogP contribution is 2.15. The summed E-state index contributed by atoms with van der Waals surface area (Å²) in [5.41, 5.74) is 4.79. The molecular formula is C12H15N5O2. The van der Waals surface area contributed by atoms with Crippen LogP contribution in [0.1, 0.15) is 27.6 Å². The van der Waals surface area contributed by atoms with E-state index < -0.39 is 0 Å². The molecule has 0 spiro atoms. The molecule has 100 valence electrons. The van der Waals surface area contributed by atoms with Crippen LogP contribution in [0.15, 0.2) is 22.7 Å². The molecule has 0 saturated carbocycles. The van der Waals surface area contributed by atoms with Crippen molar-refractivity contribution in [3.05, 3.63) is 41.0 Å². The zero-order chi connectivity index (χ0) is 13.8. The number of nitrogen functional groups attached to an aromatic ring is 1.